The van der Waals surface area contributed by atoms with Crippen molar-refractivity contribution in [2.24, 2.45) is 0 Å². The number of aryl methyl sites for hydroxylation is 1. The van der Waals surface area contributed by atoms with Crippen molar-refractivity contribution in [1.82, 2.24) is 0 Å². The Balaban J connectivity index is 3.11. The fourth-order valence-electron chi connectivity index (χ4n) is 1.33. The average molecular weight is 256 g/mol. The summed E-state index contributed by atoms with van der Waals surface area (Å²) in [5.74, 6) is -2.02. The van der Waals surface area contributed by atoms with E-state index in [1.165, 1.54) is 23.9 Å². The molecule has 3 nitrogen and oxygen atoms in total. The van der Waals surface area contributed by atoms with Crippen LogP contribution in [0.4, 0.5) is 4.39 Å². The van der Waals surface area contributed by atoms with Crippen LogP contribution in [0.25, 0.3) is 0 Å². The Hall–Kier alpha value is -1.36. The smallest absolute Gasteiger partial charge is 0.379 e. The van der Waals surface area contributed by atoms with Crippen LogP contribution < -0.4 is 0 Å². The van der Waals surface area contributed by atoms with Gasteiger partial charge in [0.05, 0.1) is 6.61 Å². The number of Topliss-reactive ketones (excluding diaryl/α,β-unsaturated/α-hetero) is 1. The molecule has 0 N–H and O–H groups in total. The van der Waals surface area contributed by atoms with Gasteiger partial charge < -0.3 is 4.74 Å². The molecule has 0 heterocycles. The molecule has 1 aromatic rings. The van der Waals surface area contributed by atoms with Gasteiger partial charge in [-0.25, -0.2) is 9.18 Å². The minimum atomic E-state index is -0.912. The summed E-state index contributed by atoms with van der Waals surface area (Å²) in [7, 11) is 0. The minimum absolute atomic E-state index is 0.139. The molecule has 0 aliphatic carbocycles. The van der Waals surface area contributed by atoms with Crippen LogP contribution in [0.15, 0.2) is 17.0 Å². The number of ether oxygens (including phenoxy) is 1. The first kappa shape index (κ1) is 13.7. The van der Waals surface area contributed by atoms with E-state index >= 15 is 0 Å². The van der Waals surface area contributed by atoms with Crippen molar-refractivity contribution in [3.8, 4) is 0 Å². The summed E-state index contributed by atoms with van der Waals surface area (Å²) < 4.78 is 18.2. The van der Waals surface area contributed by atoms with Crippen molar-refractivity contribution >= 4 is 23.5 Å². The number of hydrogen-bond acceptors (Lipinski definition) is 4. The van der Waals surface area contributed by atoms with Gasteiger partial charge in [-0.3, -0.25) is 4.79 Å². The molecule has 0 radical (unpaired) electrons. The quantitative estimate of drug-likeness (QED) is 0.359. The molecular weight excluding hydrogens is 243 g/mol. The van der Waals surface area contributed by atoms with Crippen molar-refractivity contribution in [1.29, 1.82) is 0 Å². The van der Waals surface area contributed by atoms with E-state index in [0.29, 0.717) is 10.5 Å². The maximum absolute atomic E-state index is 13.5. The normalized spacial score (nSPS) is 10.1. The third-order valence-corrected chi connectivity index (χ3v) is 2.90. The van der Waals surface area contributed by atoms with Gasteiger partial charge in [0.15, 0.2) is 0 Å². The fraction of sp³-hybridized carbons (Fsp3) is 0.333. The Morgan fingerprint density at radius 2 is 2.06 bits per heavy atom. The topological polar surface area (TPSA) is 43.4 Å². The molecule has 0 saturated carbocycles. The number of thioether (sulfide) groups is 1. The molecule has 0 saturated heterocycles. The molecule has 1 rings (SSSR count). The van der Waals surface area contributed by atoms with E-state index < -0.39 is 11.8 Å². The molecule has 0 spiro atoms. The van der Waals surface area contributed by atoms with E-state index in [2.05, 4.69) is 4.74 Å². The average Bonchev–Trinajstić information content (AvgIpc) is 2.31. The van der Waals surface area contributed by atoms with Gasteiger partial charge in [-0.15, -0.1) is 11.8 Å². The predicted octanol–water partition coefficient (Wildman–Crippen LogP) is 2.60. The third-order valence-electron chi connectivity index (χ3n) is 2.16. The number of esters is 1. The first-order valence-electron chi connectivity index (χ1n) is 5.06. The van der Waals surface area contributed by atoms with Gasteiger partial charge in [0.25, 0.3) is 5.78 Å². The van der Waals surface area contributed by atoms with Gasteiger partial charge in [0.1, 0.15) is 5.82 Å². The molecule has 0 aromatic heterocycles. The lowest BCUT2D eigenvalue weighted by molar-refractivity contribution is -0.137. The maximum Gasteiger partial charge on any atom is 0.379 e. The molecule has 17 heavy (non-hydrogen) atoms. The standard InChI is InChI=1S/C12H13FO3S/c1-4-16-12(15)11(14)8-5-7(2)10(13)9(6-8)17-3/h5-6H,4H2,1-3H3. The fourth-order valence-corrected chi connectivity index (χ4v) is 1.92. The monoisotopic (exact) mass is 256 g/mol. The van der Waals surface area contributed by atoms with Crippen molar-refractivity contribution in [2.75, 3.05) is 12.9 Å². The number of halogens is 1. The molecule has 0 unspecified atom stereocenters. The number of ketones is 1. The van der Waals surface area contributed by atoms with Crippen LogP contribution in [0.1, 0.15) is 22.8 Å². The van der Waals surface area contributed by atoms with E-state index in [-0.39, 0.29) is 18.0 Å². The SMILES string of the molecule is CCOC(=O)C(=O)c1cc(C)c(F)c(SC)c1. The summed E-state index contributed by atoms with van der Waals surface area (Å²) in [4.78, 5) is 23.3. The van der Waals surface area contributed by atoms with Crippen LogP contribution in [-0.2, 0) is 9.53 Å². The van der Waals surface area contributed by atoms with Crippen LogP contribution in [0.2, 0.25) is 0 Å². The first-order chi connectivity index (χ1) is 8.01. The molecule has 0 aliphatic rings. The summed E-state index contributed by atoms with van der Waals surface area (Å²) in [6.45, 7) is 3.31. The van der Waals surface area contributed by atoms with Gasteiger partial charge >= 0.3 is 5.97 Å². The molecule has 0 atom stereocenters. The molecule has 0 fully saturated rings. The van der Waals surface area contributed by atoms with Crippen LogP contribution in [0.3, 0.4) is 0 Å². The van der Waals surface area contributed by atoms with Crippen LogP contribution >= 0.6 is 11.8 Å². The summed E-state index contributed by atoms with van der Waals surface area (Å²) in [6, 6.07) is 2.72. The molecule has 92 valence electrons. The van der Waals surface area contributed by atoms with Gasteiger partial charge in [-0.05, 0) is 37.8 Å². The largest absolute Gasteiger partial charge is 0.460 e. The Kier molecular flexibility index (Phi) is 4.69. The molecular formula is C12H13FO3S. The van der Waals surface area contributed by atoms with Crippen LogP contribution in [0.5, 0.6) is 0 Å². The molecule has 0 aliphatic heterocycles. The highest BCUT2D eigenvalue weighted by Gasteiger charge is 2.19. The highest BCUT2D eigenvalue weighted by atomic mass is 32.2. The Labute approximate surface area is 103 Å². The van der Waals surface area contributed by atoms with E-state index in [0.717, 1.165) is 0 Å². The zero-order valence-electron chi connectivity index (χ0n) is 9.87. The van der Waals surface area contributed by atoms with Crippen molar-refractivity contribution < 1.29 is 18.7 Å². The molecule has 5 heteroatoms. The van der Waals surface area contributed by atoms with Crippen molar-refractivity contribution in [3.05, 3.63) is 29.1 Å². The lowest BCUT2D eigenvalue weighted by Crippen LogP contribution is -2.17. The number of rotatable bonds is 4. The predicted molar refractivity (Wildman–Crippen MR) is 63.9 cm³/mol. The minimum Gasteiger partial charge on any atom is -0.460 e. The summed E-state index contributed by atoms with van der Waals surface area (Å²) in [5, 5.41) is 0. The molecule has 0 amide bonds. The third kappa shape index (κ3) is 3.06. The number of carbonyl (C=O) groups excluding carboxylic acids is 2. The zero-order chi connectivity index (χ0) is 13.0. The second kappa shape index (κ2) is 5.82. The highest BCUT2D eigenvalue weighted by Crippen LogP contribution is 2.24. The second-order valence-corrected chi connectivity index (χ2v) is 4.21. The summed E-state index contributed by atoms with van der Waals surface area (Å²) in [5.41, 5.74) is 0.496. The number of hydrogen-bond donors (Lipinski definition) is 0. The Morgan fingerprint density at radius 3 is 2.59 bits per heavy atom. The number of carbonyl (C=O) groups is 2. The maximum atomic E-state index is 13.5. The van der Waals surface area contributed by atoms with E-state index in [9.17, 15) is 14.0 Å². The Bertz CT molecular complexity index is 457. The summed E-state index contributed by atoms with van der Waals surface area (Å²) >= 11 is 1.19. The first-order valence-corrected chi connectivity index (χ1v) is 6.29. The summed E-state index contributed by atoms with van der Waals surface area (Å²) in [6.07, 6.45) is 1.70. The lowest BCUT2D eigenvalue weighted by Gasteiger charge is -2.06. The molecule has 1 aromatic carbocycles. The lowest BCUT2D eigenvalue weighted by atomic mass is 10.1. The van der Waals surface area contributed by atoms with Crippen molar-refractivity contribution in [2.45, 2.75) is 18.7 Å². The van der Waals surface area contributed by atoms with Gasteiger partial charge in [0, 0.05) is 10.5 Å². The van der Waals surface area contributed by atoms with E-state index in [1.807, 2.05) is 0 Å². The van der Waals surface area contributed by atoms with Crippen molar-refractivity contribution in [3.63, 3.8) is 0 Å². The highest BCUT2D eigenvalue weighted by molar-refractivity contribution is 7.98. The second-order valence-electron chi connectivity index (χ2n) is 3.36. The van der Waals surface area contributed by atoms with Gasteiger partial charge in [-0.1, -0.05) is 0 Å². The number of benzene rings is 1. The van der Waals surface area contributed by atoms with Crippen LogP contribution in [0, 0.1) is 12.7 Å². The van der Waals surface area contributed by atoms with Gasteiger partial charge in [-0.2, -0.15) is 0 Å². The Morgan fingerprint density at radius 1 is 1.41 bits per heavy atom. The van der Waals surface area contributed by atoms with Gasteiger partial charge in [0.2, 0.25) is 0 Å². The van der Waals surface area contributed by atoms with E-state index in [4.69, 9.17) is 0 Å². The van der Waals surface area contributed by atoms with Crippen LogP contribution in [-0.4, -0.2) is 24.6 Å². The van der Waals surface area contributed by atoms with E-state index in [1.54, 1.807) is 20.1 Å². The molecule has 0 bridgehead atoms. The zero-order valence-corrected chi connectivity index (χ0v) is 10.7.